The summed E-state index contributed by atoms with van der Waals surface area (Å²) < 4.78 is 5.05. The fourth-order valence-corrected chi connectivity index (χ4v) is 2.89. The average Bonchev–Trinajstić information content (AvgIpc) is 2.65. The maximum atomic E-state index is 12.4. The molecule has 2 aromatic rings. The van der Waals surface area contributed by atoms with Crippen LogP contribution < -0.4 is 10.2 Å². The zero-order valence-corrected chi connectivity index (χ0v) is 16.4. The number of rotatable bonds is 7. The summed E-state index contributed by atoms with van der Waals surface area (Å²) in [6.07, 6.45) is 0. The number of hydrogen-bond acceptors (Lipinski definition) is 6. The topological polar surface area (TPSA) is 102 Å². The largest absolute Gasteiger partial charge is 0.452 e. The molecule has 0 unspecified atom stereocenters. The monoisotopic (exact) mass is 405 g/mol. The van der Waals surface area contributed by atoms with Gasteiger partial charge < -0.3 is 15.0 Å². The maximum absolute atomic E-state index is 12.4. The van der Waals surface area contributed by atoms with Crippen LogP contribution in [-0.4, -0.2) is 37.5 Å². The van der Waals surface area contributed by atoms with Crippen LogP contribution in [0.1, 0.15) is 28.9 Å². The van der Waals surface area contributed by atoms with Crippen molar-refractivity contribution < 1.29 is 19.2 Å². The molecule has 1 amide bonds. The summed E-state index contributed by atoms with van der Waals surface area (Å²) in [4.78, 5) is 36.5. The lowest BCUT2D eigenvalue weighted by atomic mass is 10.1. The highest BCUT2D eigenvalue weighted by Crippen LogP contribution is 2.25. The van der Waals surface area contributed by atoms with Crippen LogP contribution in [0, 0.1) is 10.1 Å². The zero-order chi connectivity index (χ0) is 20.8. The van der Waals surface area contributed by atoms with E-state index in [4.69, 9.17) is 16.3 Å². The van der Waals surface area contributed by atoms with E-state index in [1.807, 2.05) is 0 Å². The van der Waals surface area contributed by atoms with Gasteiger partial charge in [0.25, 0.3) is 11.6 Å². The molecule has 2 aromatic carbocycles. The maximum Gasteiger partial charge on any atom is 0.341 e. The van der Waals surface area contributed by atoms with E-state index >= 15 is 0 Å². The van der Waals surface area contributed by atoms with Crippen LogP contribution in [0.25, 0.3) is 0 Å². The molecule has 0 aliphatic carbocycles. The summed E-state index contributed by atoms with van der Waals surface area (Å²) in [5.41, 5.74) is 0.943. The second kappa shape index (κ2) is 9.18. The lowest BCUT2D eigenvalue weighted by Gasteiger charge is -2.17. The van der Waals surface area contributed by atoms with Gasteiger partial charge in [-0.2, -0.15) is 0 Å². The summed E-state index contributed by atoms with van der Waals surface area (Å²) in [7, 11) is 3.38. The van der Waals surface area contributed by atoms with Gasteiger partial charge in [-0.25, -0.2) is 4.79 Å². The van der Waals surface area contributed by atoms with E-state index in [1.165, 1.54) is 12.1 Å². The minimum absolute atomic E-state index is 0.00570. The number of nitrogens with zero attached hydrogens (tertiary/aromatic N) is 2. The number of hydrogen-bond donors (Lipinski definition) is 1. The average molecular weight is 406 g/mol. The van der Waals surface area contributed by atoms with E-state index in [0.29, 0.717) is 10.7 Å². The summed E-state index contributed by atoms with van der Waals surface area (Å²) in [6.45, 7) is 1.23. The van der Waals surface area contributed by atoms with E-state index in [0.717, 1.165) is 11.6 Å². The minimum Gasteiger partial charge on any atom is -0.452 e. The van der Waals surface area contributed by atoms with Gasteiger partial charge in [0, 0.05) is 31.3 Å². The molecule has 8 nitrogen and oxygen atoms in total. The van der Waals surface area contributed by atoms with Crippen LogP contribution in [0.3, 0.4) is 0 Å². The van der Waals surface area contributed by atoms with E-state index in [2.05, 4.69) is 5.32 Å². The Kier molecular flexibility index (Phi) is 6.94. The predicted octanol–water partition coefficient (Wildman–Crippen LogP) is 3.35. The standard InChI is InChI=1S/C19H20ClN3O5/c1-12(14-6-4-5-7-16(14)20)21-18(24)11-28-19(25)15-10-13(23(26)27)8-9-17(15)22(2)3/h4-10,12H,11H2,1-3H3,(H,21,24)/t12-/m0/s1. The number of nitro groups is 1. The molecule has 9 heteroatoms. The van der Waals surface area contributed by atoms with Crippen molar-refractivity contribution in [1.82, 2.24) is 5.32 Å². The first-order chi connectivity index (χ1) is 13.2. The lowest BCUT2D eigenvalue weighted by molar-refractivity contribution is -0.384. The molecule has 0 heterocycles. The first-order valence-electron chi connectivity index (χ1n) is 8.37. The third kappa shape index (κ3) is 5.20. The van der Waals surface area contributed by atoms with Crippen LogP contribution in [0.5, 0.6) is 0 Å². The van der Waals surface area contributed by atoms with Crippen molar-refractivity contribution in [2.24, 2.45) is 0 Å². The van der Waals surface area contributed by atoms with Crippen LogP contribution >= 0.6 is 11.6 Å². The molecule has 0 aliphatic rings. The highest BCUT2D eigenvalue weighted by atomic mass is 35.5. The molecular formula is C19H20ClN3O5. The molecule has 28 heavy (non-hydrogen) atoms. The number of carbonyl (C=O) groups is 2. The first-order valence-corrected chi connectivity index (χ1v) is 8.75. The van der Waals surface area contributed by atoms with Gasteiger partial charge in [0.15, 0.2) is 6.61 Å². The smallest absolute Gasteiger partial charge is 0.341 e. The van der Waals surface area contributed by atoms with Gasteiger partial charge >= 0.3 is 5.97 Å². The molecule has 0 saturated heterocycles. The van der Waals surface area contributed by atoms with E-state index in [9.17, 15) is 19.7 Å². The Bertz CT molecular complexity index is 901. The highest BCUT2D eigenvalue weighted by molar-refractivity contribution is 6.31. The fourth-order valence-electron chi connectivity index (χ4n) is 2.59. The second-order valence-electron chi connectivity index (χ2n) is 6.24. The first kappa shape index (κ1) is 21.2. The van der Waals surface area contributed by atoms with E-state index in [1.54, 1.807) is 50.2 Å². The Morgan fingerprint density at radius 1 is 1.25 bits per heavy atom. The molecule has 0 fully saturated rings. The number of anilines is 1. The molecule has 148 valence electrons. The number of halogens is 1. The minimum atomic E-state index is -0.826. The van der Waals surface area contributed by atoms with E-state index < -0.39 is 23.4 Å². The molecule has 2 rings (SSSR count). The zero-order valence-electron chi connectivity index (χ0n) is 15.6. The number of carbonyl (C=O) groups excluding carboxylic acids is 2. The number of benzene rings is 2. The molecule has 0 radical (unpaired) electrons. The van der Waals surface area contributed by atoms with Gasteiger partial charge in [0.1, 0.15) is 0 Å². The van der Waals surface area contributed by atoms with Gasteiger partial charge in [-0.15, -0.1) is 0 Å². The summed E-state index contributed by atoms with van der Waals surface area (Å²) in [6, 6.07) is 10.6. The van der Waals surface area contributed by atoms with Gasteiger partial charge in [-0.3, -0.25) is 14.9 Å². The molecule has 1 N–H and O–H groups in total. The summed E-state index contributed by atoms with van der Waals surface area (Å²) in [5, 5.41) is 14.2. The van der Waals surface area contributed by atoms with Crippen molar-refractivity contribution in [3.63, 3.8) is 0 Å². The Morgan fingerprint density at radius 2 is 1.93 bits per heavy atom. The van der Waals surface area contributed by atoms with Crippen molar-refractivity contribution in [2.45, 2.75) is 13.0 Å². The normalized spacial score (nSPS) is 11.4. The van der Waals surface area contributed by atoms with Crippen molar-refractivity contribution >= 4 is 34.9 Å². The Balaban J connectivity index is 2.05. The Hall–Kier alpha value is -3.13. The van der Waals surface area contributed by atoms with Crippen molar-refractivity contribution in [2.75, 3.05) is 25.6 Å². The number of esters is 1. The van der Waals surface area contributed by atoms with Crippen molar-refractivity contribution in [1.29, 1.82) is 0 Å². The fraction of sp³-hybridized carbons (Fsp3) is 0.263. The second-order valence-corrected chi connectivity index (χ2v) is 6.65. The molecule has 1 atom stereocenters. The van der Waals surface area contributed by atoms with Crippen LogP contribution in [-0.2, 0) is 9.53 Å². The van der Waals surface area contributed by atoms with Crippen molar-refractivity contribution in [3.05, 3.63) is 68.7 Å². The quantitative estimate of drug-likeness (QED) is 0.430. The molecule has 0 aromatic heterocycles. The molecule has 0 spiro atoms. The van der Waals surface area contributed by atoms with Gasteiger partial charge in [-0.1, -0.05) is 29.8 Å². The van der Waals surface area contributed by atoms with Crippen LogP contribution in [0.15, 0.2) is 42.5 Å². The number of ether oxygens (including phenoxy) is 1. The number of non-ortho nitro benzene ring substituents is 1. The molecular weight excluding hydrogens is 386 g/mol. The Morgan fingerprint density at radius 3 is 2.54 bits per heavy atom. The van der Waals surface area contributed by atoms with Gasteiger partial charge in [0.05, 0.1) is 22.2 Å². The SMILES string of the molecule is C[C@H](NC(=O)COC(=O)c1cc([N+](=O)[O-])ccc1N(C)C)c1ccccc1Cl. The Labute approximate surface area is 167 Å². The summed E-state index contributed by atoms with van der Waals surface area (Å²) >= 11 is 6.10. The highest BCUT2D eigenvalue weighted by Gasteiger charge is 2.20. The molecule has 0 bridgehead atoms. The molecule has 0 saturated carbocycles. The van der Waals surface area contributed by atoms with Crippen LogP contribution in [0.4, 0.5) is 11.4 Å². The number of nitrogens with one attached hydrogen (secondary N) is 1. The van der Waals surface area contributed by atoms with Crippen LogP contribution in [0.2, 0.25) is 5.02 Å². The lowest BCUT2D eigenvalue weighted by Crippen LogP contribution is -2.31. The van der Waals surface area contributed by atoms with E-state index in [-0.39, 0.29) is 17.3 Å². The molecule has 0 aliphatic heterocycles. The van der Waals surface area contributed by atoms with Gasteiger partial charge in [-0.05, 0) is 24.6 Å². The number of nitro benzene ring substituents is 1. The van der Waals surface area contributed by atoms with Gasteiger partial charge in [0.2, 0.25) is 0 Å². The third-order valence-electron chi connectivity index (χ3n) is 3.98. The van der Waals surface area contributed by atoms with Crippen molar-refractivity contribution in [3.8, 4) is 0 Å². The summed E-state index contributed by atoms with van der Waals surface area (Å²) in [5.74, 6) is -1.34. The third-order valence-corrected chi connectivity index (χ3v) is 4.32. The number of amides is 1. The predicted molar refractivity (Wildman–Crippen MR) is 106 cm³/mol.